The number of nitrogens with zero attached hydrogens (tertiary/aromatic N) is 1. The van der Waals surface area contributed by atoms with Crippen molar-refractivity contribution < 1.29 is 22.0 Å². The number of benzene rings is 2. The molecule has 0 saturated carbocycles. The Morgan fingerprint density at radius 1 is 0.714 bits per heavy atom. The van der Waals surface area contributed by atoms with Gasteiger partial charge >= 0.3 is 0 Å². The average molecular weight is 302 g/mol. The van der Waals surface area contributed by atoms with Gasteiger partial charge in [-0.3, -0.25) is 14.1 Å². The third-order valence-corrected chi connectivity index (χ3v) is 3.68. The van der Waals surface area contributed by atoms with Gasteiger partial charge in [-0.05, 0) is 12.1 Å². The highest BCUT2D eigenvalue weighted by Gasteiger charge is 2.30. The van der Waals surface area contributed by atoms with E-state index in [1.54, 1.807) is 30.3 Å². The van der Waals surface area contributed by atoms with Gasteiger partial charge in [-0.25, -0.2) is 0 Å². The lowest BCUT2D eigenvalue weighted by Gasteiger charge is -2.25. The zero-order chi connectivity index (χ0) is 14.5. The van der Waals surface area contributed by atoms with Crippen LogP contribution in [0.1, 0.15) is 31.8 Å². The van der Waals surface area contributed by atoms with E-state index in [9.17, 15) is 9.59 Å². The highest BCUT2D eigenvalue weighted by atomic mass is 35.5. The number of ketones is 2. The molecule has 0 atom stereocenters. The summed E-state index contributed by atoms with van der Waals surface area (Å²) in [5.41, 5.74) is 3.03. The van der Waals surface area contributed by atoms with Crippen LogP contribution in [0.2, 0.25) is 0 Å². The van der Waals surface area contributed by atoms with Gasteiger partial charge in [0.2, 0.25) is 0 Å². The predicted molar refractivity (Wildman–Crippen MR) is 79.3 cm³/mol. The van der Waals surface area contributed by atoms with Crippen molar-refractivity contribution in [2.45, 2.75) is 0 Å². The van der Waals surface area contributed by atoms with E-state index >= 15 is 0 Å². The van der Waals surface area contributed by atoms with E-state index in [0.29, 0.717) is 26.7 Å². The first-order valence-electron chi connectivity index (χ1n) is 6.54. The lowest BCUT2D eigenvalue weighted by atomic mass is 9.84. The van der Waals surface area contributed by atoms with Crippen LogP contribution in [0.5, 0.6) is 0 Å². The van der Waals surface area contributed by atoms with E-state index < -0.39 is 0 Å². The molecule has 1 aliphatic rings. The van der Waals surface area contributed by atoms with Crippen molar-refractivity contribution in [2.75, 3.05) is 21.1 Å². The molecular weight excluding hydrogens is 286 g/mol. The van der Waals surface area contributed by atoms with E-state index in [1.165, 1.54) is 0 Å². The first kappa shape index (κ1) is 15.4. The molecule has 0 saturated heterocycles. The maximum Gasteiger partial charge on any atom is 0.194 e. The summed E-state index contributed by atoms with van der Waals surface area (Å²) in [4.78, 5) is 25.0. The van der Waals surface area contributed by atoms with Crippen LogP contribution in [0.15, 0.2) is 42.5 Å². The average Bonchev–Trinajstić information content (AvgIpc) is 2.43. The number of rotatable bonds is 1. The van der Waals surface area contributed by atoms with Gasteiger partial charge in [-0.2, -0.15) is 0 Å². The molecule has 4 heteroatoms. The van der Waals surface area contributed by atoms with Crippen LogP contribution in [0.4, 0.5) is 5.69 Å². The van der Waals surface area contributed by atoms with Gasteiger partial charge in [0.15, 0.2) is 11.6 Å². The maximum atomic E-state index is 12.6. The van der Waals surface area contributed by atoms with Gasteiger partial charge < -0.3 is 12.4 Å². The molecule has 2 aromatic carbocycles. The molecule has 0 unspecified atom stereocenters. The van der Waals surface area contributed by atoms with Crippen molar-refractivity contribution >= 4 is 17.3 Å². The van der Waals surface area contributed by atoms with Crippen molar-refractivity contribution in [3.05, 3.63) is 64.7 Å². The summed E-state index contributed by atoms with van der Waals surface area (Å²) in [6.07, 6.45) is 0. The highest BCUT2D eigenvalue weighted by Crippen LogP contribution is 2.30. The second-order valence-electron chi connectivity index (χ2n) is 5.95. The van der Waals surface area contributed by atoms with Gasteiger partial charge in [-0.15, -0.1) is 0 Å². The molecule has 0 spiro atoms. The summed E-state index contributed by atoms with van der Waals surface area (Å²) in [6.45, 7) is 0. The Morgan fingerprint density at radius 3 is 1.71 bits per heavy atom. The third kappa shape index (κ3) is 2.39. The molecule has 0 amide bonds. The fourth-order valence-corrected chi connectivity index (χ4v) is 2.50. The van der Waals surface area contributed by atoms with Crippen LogP contribution in [-0.4, -0.2) is 32.7 Å². The van der Waals surface area contributed by atoms with Crippen molar-refractivity contribution in [3.63, 3.8) is 0 Å². The van der Waals surface area contributed by atoms with Gasteiger partial charge in [-0.1, -0.05) is 24.3 Å². The lowest BCUT2D eigenvalue weighted by Crippen LogP contribution is -3.00. The minimum Gasteiger partial charge on any atom is -1.00 e. The standard InChI is InChI=1S/C17H16NO2.ClH/c1-18(2,3)11-8-9-14-15(10-11)17(20)13-7-5-4-6-12(13)16(14)19;/h4-10H,1-3H3;1H/q+1;/p-1. The summed E-state index contributed by atoms with van der Waals surface area (Å²) in [5.74, 6) is -0.131. The van der Waals surface area contributed by atoms with Gasteiger partial charge in [0.25, 0.3) is 0 Å². The molecular formula is C17H16ClNO2. The fraction of sp³-hybridized carbons (Fsp3) is 0.176. The number of halogens is 1. The lowest BCUT2D eigenvalue weighted by molar-refractivity contribution is -0.0000182. The number of carbonyl (C=O) groups excluding carboxylic acids is 2. The Morgan fingerprint density at radius 2 is 1.19 bits per heavy atom. The predicted octanol–water partition coefficient (Wildman–Crippen LogP) is -0.337. The Kier molecular flexibility index (Phi) is 3.74. The zero-order valence-electron chi connectivity index (χ0n) is 12.2. The molecule has 1 aliphatic carbocycles. The monoisotopic (exact) mass is 301 g/mol. The quantitative estimate of drug-likeness (QED) is 0.577. The number of hydrogen-bond acceptors (Lipinski definition) is 2. The van der Waals surface area contributed by atoms with Crippen LogP contribution in [0.3, 0.4) is 0 Å². The minimum atomic E-state index is -0.0665. The maximum absolute atomic E-state index is 12.6. The number of carbonyl (C=O) groups is 2. The number of hydrogen-bond donors (Lipinski definition) is 0. The zero-order valence-corrected chi connectivity index (χ0v) is 12.9. The van der Waals surface area contributed by atoms with Crippen LogP contribution in [-0.2, 0) is 0 Å². The summed E-state index contributed by atoms with van der Waals surface area (Å²) in [7, 11) is 6.10. The second kappa shape index (κ2) is 5.10. The van der Waals surface area contributed by atoms with Crippen molar-refractivity contribution in [2.24, 2.45) is 0 Å². The van der Waals surface area contributed by atoms with E-state index in [2.05, 4.69) is 0 Å². The van der Waals surface area contributed by atoms with Crippen LogP contribution >= 0.6 is 0 Å². The first-order chi connectivity index (χ1) is 9.39. The van der Waals surface area contributed by atoms with Gasteiger partial charge in [0.05, 0.1) is 21.1 Å². The number of quaternary nitrogens is 1. The summed E-state index contributed by atoms with van der Waals surface area (Å²) in [5, 5.41) is 0. The first-order valence-corrected chi connectivity index (χ1v) is 6.54. The molecule has 3 nitrogen and oxygen atoms in total. The molecule has 0 heterocycles. The van der Waals surface area contributed by atoms with E-state index in [0.717, 1.165) is 5.69 Å². The Hall–Kier alpha value is -1.97. The van der Waals surface area contributed by atoms with Crippen LogP contribution in [0, 0.1) is 0 Å². The Labute approximate surface area is 130 Å². The van der Waals surface area contributed by atoms with E-state index in [-0.39, 0.29) is 24.0 Å². The molecule has 0 aromatic heterocycles. The number of fused-ring (bicyclic) bond motifs is 2. The molecule has 108 valence electrons. The second-order valence-corrected chi connectivity index (χ2v) is 5.95. The molecule has 3 rings (SSSR count). The Bertz CT molecular complexity index is 745. The molecule has 0 radical (unpaired) electrons. The van der Waals surface area contributed by atoms with Crippen molar-refractivity contribution in [1.82, 2.24) is 4.48 Å². The fourth-order valence-electron chi connectivity index (χ4n) is 2.50. The van der Waals surface area contributed by atoms with Gasteiger partial charge in [0.1, 0.15) is 5.69 Å². The van der Waals surface area contributed by atoms with Gasteiger partial charge in [0, 0.05) is 28.3 Å². The molecule has 0 aliphatic heterocycles. The molecule has 2 aromatic rings. The van der Waals surface area contributed by atoms with E-state index in [1.807, 2.05) is 33.3 Å². The summed E-state index contributed by atoms with van der Waals surface area (Å²) in [6, 6.07) is 12.5. The molecule has 0 bridgehead atoms. The molecule has 21 heavy (non-hydrogen) atoms. The summed E-state index contributed by atoms with van der Waals surface area (Å²) >= 11 is 0. The smallest absolute Gasteiger partial charge is 0.194 e. The minimum absolute atomic E-state index is 0. The molecule has 0 fully saturated rings. The SMILES string of the molecule is C[N+](C)(C)c1ccc2c(c1)C(=O)c1ccccc1C2=O.[Cl-]. The van der Waals surface area contributed by atoms with Crippen molar-refractivity contribution in [1.29, 1.82) is 0 Å². The largest absolute Gasteiger partial charge is 1.00 e. The Balaban J connectivity index is 0.00000161. The summed E-state index contributed by atoms with van der Waals surface area (Å²) < 4.78 is 0.608. The van der Waals surface area contributed by atoms with Crippen molar-refractivity contribution in [3.8, 4) is 0 Å². The third-order valence-electron chi connectivity index (χ3n) is 3.68. The van der Waals surface area contributed by atoms with Crippen LogP contribution < -0.4 is 16.9 Å². The highest BCUT2D eigenvalue weighted by molar-refractivity contribution is 6.28. The topological polar surface area (TPSA) is 34.1 Å². The van der Waals surface area contributed by atoms with E-state index in [4.69, 9.17) is 0 Å². The normalized spacial score (nSPS) is 13.3. The van der Waals surface area contributed by atoms with Crippen LogP contribution in [0.25, 0.3) is 0 Å². The molecule has 0 N–H and O–H groups in total.